The van der Waals surface area contributed by atoms with Crippen LogP contribution in [0.1, 0.15) is 18.4 Å². The SMILES string of the molecule is COc1ccnc(N2CCCC(COc3ccc(C#N)cc3OC)C2)n1. The molecule has 0 radical (unpaired) electrons. The molecule has 1 atom stereocenters. The summed E-state index contributed by atoms with van der Waals surface area (Å²) >= 11 is 0. The van der Waals surface area contributed by atoms with Gasteiger partial charge in [0.2, 0.25) is 11.8 Å². The lowest BCUT2D eigenvalue weighted by molar-refractivity contribution is 0.220. The molecule has 1 fully saturated rings. The van der Waals surface area contributed by atoms with Crippen molar-refractivity contribution in [2.24, 2.45) is 5.92 Å². The van der Waals surface area contributed by atoms with E-state index in [1.807, 2.05) is 0 Å². The largest absolute Gasteiger partial charge is 0.493 e. The number of anilines is 1. The Balaban J connectivity index is 1.63. The summed E-state index contributed by atoms with van der Waals surface area (Å²) in [4.78, 5) is 10.9. The van der Waals surface area contributed by atoms with Crippen molar-refractivity contribution in [3.05, 3.63) is 36.0 Å². The quantitative estimate of drug-likeness (QED) is 0.789. The summed E-state index contributed by atoms with van der Waals surface area (Å²) in [6.45, 7) is 2.32. The maximum atomic E-state index is 8.98. The van der Waals surface area contributed by atoms with Crippen molar-refractivity contribution in [2.45, 2.75) is 12.8 Å². The first-order chi connectivity index (χ1) is 12.7. The molecule has 2 heterocycles. The van der Waals surface area contributed by atoms with E-state index in [2.05, 4.69) is 20.9 Å². The summed E-state index contributed by atoms with van der Waals surface area (Å²) in [5, 5.41) is 8.98. The second-order valence-corrected chi connectivity index (χ2v) is 6.14. The van der Waals surface area contributed by atoms with Crippen molar-refractivity contribution in [3.63, 3.8) is 0 Å². The molecule has 26 heavy (non-hydrogen) atoms. The van der Waals surface area contributed by atoms with Gasteiger partial charge in [-0.15, -0.1) is 0 Å². The van der Waals surface area contributed by atoms with Crippen LogP contribution in [-0.4, -0.2) is 43.9 Å². The Morgan fingerprint density at radius 1 is 1.23 bits per heavy atom. The van der Waals surface area contributed by atoms with E-state index in [-0.39, 0.29) is 0 Å². The first-order valence-electron chi connectivity index (χ1n) is 8.56. The lowest BCUT2D eigenvalue weighted by atomic mass is 9.99. The first-order valence-corrected chi connectivity index (χ1v) is 8.56. The zero-order valence-electron chi connectivity index (χ0n) is 15.0. The highest BCUT2D eigenvalue weighted by Gasteiger charge is 2.23. The van der Waals surface area contributed by atoms with Gasteiger partial charge in [0.1, 0.15) is 0 Å². The van der Waals surface area contributed by atoms with E-state index in [1.54, 1.807) is 44.7 Å². The number of ether oxygens (including phenoxy) is 3. The van der Waals surface area contributed by atoms with Gasteiger partial charge in [0.15, 0.2) is 11.5 Å². The molecular weight excluding hydrogens is 332 g/mol. The molecule has 1 saturated heterocycles. The Labute approximate surface area is 153 Å². The van der Waals surface area contributed by atoms with E-state index in [9.17, 15) is 0 Å². The van der Waals surface area contributed by atoms with Gasteiger partial charge in [0.25, 0.3) is 0 Å². The predicted octanol–water partition coefficient (Wildman–Crippen LogP) is 2.66. The molecule has 3 rings (SSSR count). The summed E-state index contributed by atoms with van der Waals surface area (Å²) < 4.78 is 16.5. The van der Waals surface area contributed by atoms with Crippen LogP contribution in [0.2, 0.25) is 0 Å². The molecule has 136 valence electrons. The third-order valence-electron chi connectivity index (χ3n) is 4.40. The Bertz CT molecular complexity index is 791. The van der Waals surface area contributed by atoms with Gasteiger partial charge >= 0.3 is 0 Å². The molecule has 0 aliphatic carbocycles. The normalized spacial score (nSPS) is 16.7. The van der Waals surface area contributed by atoms with Gasteiger partial charge in [0, 0.05) is 37.3 Å². The minimum absolute atomic E-state index is 0.360. The number of nitrogens with zero attached hydrogens (tertiary/aromatic N) is 4. The summed E-state index contributed by atoms with van der Waals surface area (Å²) in [7, 11) is 3.18. The fourth-order valence-electron chi connectivity index (χ4n) is 3.05. The van der Waals surface area contributed by atoms with Gasteiger partial charge in [-0.25, -0.2) is 4.98 Å². The van der Waals surface area contributed by atoms with Gasteiger partial charge in [-0.05, 0) is 25.0 Å². The average Bonchev–Trinajstić information content (AvgIpc) is 2.72. The predicted molar refractivity (Wildman–Crippen MR) is 96.7 cm³/mol. The maximum Gasteiger partial charge on any atom is 0.228 e. The van der Waals surface area contributed by atoms with E-state index >= 15 is 0 Å². The van der Waals surface area contributed by atoms with Crippen LogP contribution in [0.15, 0.2) is 30.5 Å². The topological polar surface area (TPSA) is 80.5 Å². The Morgan fingerprint density at radius 2 is 2.12 bits per heavy atom. The zero-order chi connectivity index (χ0) is 18.4. The van der Waals surface area contributed by atoms with Crippen LogP contribution < -0.4 is 19.1 Å². The molecular formula is C19H22N4O3. The number of piperidine rings is 1. The smallest absolute Gasteiger partial charge is 0.228 e. The third-order valence-corrected chi connectivity index (χ3v) is 4.40. The number of methoxy groups -OCH3 is 2. The standard InChI is InChI=1S/C19H22N4O3/c1-24-17-10-14(11-20)5-6-16(17)26-13-15-4-3-9-23(12-15)19-21-8-7-18(22-19)25-2/h5-8,10,15H,3-4,9,12-13H2,1-2H3. The van der Waals surface area contributed by atoms with E-state index in [0.29, 0.717) is 41.4 Å². The summed E-state index contributed by atoms with van der Waals surface area (Å²) in [5.74, 6) is 2.84. The van der Waals surface area contributed by atoms with Gasteiger partial charge in [-0.3, -0.25) is 0 Å². The van der Waals surface area contributed by atoms with Crippen molar-refractivity contribution in [1.82, 2.24) is 9.97 Å². The highest BCUT2D eigenvalue weighted by atomic mass is 16.5. The van der Waals surface area contributed by atoms with Crippen LogP contribution >= 0.6 is 0 Å². The van der Waals surface area contributed by atoms with E-state index in [0.717, 1.165) is 25.9 Å². The van der Waals surface area contributed by atoms with E-state index in [4.69, 9.17) is 19.5 Å². The zero-order valence-corrected chi connectivity index (χ0v) is 15.0. The lowest BCUT2D eigenvalue weighted by Gasteiger charge is -2.32. The van der Waals surface area contributed by atoms with Crippen LogP contribution in [0.4, 0.5) is 5.95 Å². The molecule has 0 bridgehead atoms. The van der Waals surface area contributed by atoms with E-state index in [1.165, 1.54) is 0 Å². The second kappa shape index (κ2) is 8.39. The van der Waals surface area contributed by atoms with Gasteiger partial charge in [0.05, 0.1) is 32.5 Å². The fraction of sp³-hybridized carbons (Fsp3) is 0.421. The molecule has 1 aliphatic rings. The number of nitriles is 1. The minimum atomic E-state index is 0.360. The summed E-state index contributed by atoms with van der Waals surface area (Å²) in [5.41, 5.74) is 0.549. The molecule has 2 aromatic rings. The Kier molecular flexibility index (Phi) is 5.74. The van der Waals surface area contributed by atoms with Crippen molar-refractivity contribution in [1.29, 1.82) is 5.26 Å². The number of rotatable bonds is 6. The summed E-state index contributed by atoms with van der Waals surface area (Å²) in [6.07, 6.45) is 3.85. The molecule has 1 aliphatic heterocycles. The van der Waals surface area contributed by atoms with Crippen molar-refractivity contribution in [2.75, 3.05) is 38.8 Å². The molecule has 7 heteroatoms. The molecule has 0 spiro atoms. The molecule has 0 saturated carbocycles. The minimum Gasteiger partial charge on any atom is -0.493 e. The molecule has 0 amide bonds. The average molecular weight is 354 g/mol. The second-order valence-electron chi connectivity index (χ2n) is 6.14. The fourth-order valence-corrected chi connectivity index (χ4v) is 3.05. The summed E-state index contributed by atoms with van der Waals surface area (Å²) in [6, 6.07) is 9.04. The monoisotopic (exact) mass is 354 g/mol. The lowest BCUT2D eigenvalue weighted by Crippen LogP contribution is -2.38. The molecule has 1 unspecified atom stereocenters. The maximum absolute atomic E-state index is 8.98. The highest BCUT2D eigenvalue weighted by Crippen LogP contribution is 2.29. The van der Waals surface area contributed by atoms with Crippen molar-refractivity contribution < 1.29 is 14.2 Å². The third kappa shape index (κ3) is 4.14. The van der Waals surface area contributed by atoms with Crippen LogP contribution in [0.3, 0.4) is 0 Å². The van der Waals surface area contributed by atoms with Crippen LogP contribution in [0.5, 0.6) is 17.4 Å². The molecule has 7 nitrogen and oxygen atoms in total. The Morgan fingerprint density at radius 3 is 2.88 bits per heavy atom. The van der Waals surface area contributed by atoms with Crippen molar-refractivity contribution >= 4 is 5.95 Å². The highest BCUT2D eigenvalue weighted by molar-refractivity contribution is 5.46. The van der Waals surface area contributed by atoms with Crippen LogP contribution in [0.25, 0.3) is 0 Å². The van der Waals surface area contributed by atoms with E-state index < -0.39 is 0 Å². The first kappa shape index (κ1) is 17.8. The number of hydrogen-bond donors (Lipinski definition) is 0. The number of aromatic nitrogens is 2. The molecule has 0 N–H and O–H groups in total. The molecule has 1 aromatic heterocycles. The van der Waals surface area contributed by atoms with Gasteiger partial charge < -0.3 is 19.1 Å². The van der Waals surface area contributed by atoms with Gasteiger partial charge in [-0.2, -0.15) is 10.2 Å². The van der Waals surface area contributed by atoms with Crippen LogP contribution in [0, 0.1) is 17.2 Å². The Hall–Kier alpha value is -3.01. The number of benzene rings is 1. The van der Waals surface area contributed by atoms with Crippen LogP contribution in [-0.2, 0) is 0 Å². The van der Waals surface area contributed by atoms with Crippen molar-refractivity contribution in [3.8, 4) is 23.4 Å². The number of hydrogen-bond acceptors (Lipinski definition) is 7. The van der Waals surface area contributed by atoms with Gasteiger partial charge in [-0.1, -0.05) is 0 Å². The molecule has 1 aromatic carbocycles.